The number of halogens is 2. The van der Waals surface area contributed by atoms with Gasteiger partial charge in [-0.2, -0.15) is 0 Å². The normalized spacial score (nSPS) is 18.7. The molecule has 0 aromatic heterocycles. The van der Waals surface area contributed by atoms with E-state index in [1.54, 1.807) is 0 Å². The van der Waals surface area contributed by atoms with E-state index in [1.165, 1.54) is 6.07 Å². The molecule has 1 saturated carbocycles. The Hall–Kier alpha value is -0.690. The fourth-order valence-corrected chi connectivity index (χ4v) is 4.05. The third-order valence-electron chi connectivity index (χ3n) is 3.40. The van der Waals surface area contributed by atoms with Crippen LogP contribution < -0.4 is 4.72 Å². The van der Waals surface area contributed by atoms with Crippen LogP contribution in [0, 0.1) is 5.82 Å². The van der Waals surface area contributed by atoms with Crippen molar-refractivity contribution < 1.29 is 17.9 Å². The van der Waals surface area contributed by atoms with E-state index >= 15 is 0 Å². The predicted octanol–water partition coefficient (Wildman–Crippen LogP) is 2.06. The van der Waals surface area contributed by atoms with Crippen LogP contribution in [0.4, 0.5) is 4.39 Å². The Morgan fingerprint density at radius 2 is 2.00 bits per heavy atom. The molecule has 4 nitrogen and oxygen atoms in total. The zero-order valence-electron chi connectivity index (χ0n) is 10.2. The third-order valence-corrected chi connectivity index (χ3v) is 5.24. The number of hydrogen-bond donors (Lipinski definition) is 2. The first kappa shape index (κ1) is 14.7. The Morgan fingerprint density at radius 1 is 1.37 bits per heavy atom. The van der Waals surface area contributed by atoms with Gasteiger partial charge in [0.15, 0.2) is 0 Å². The first-order valence-electron chi connectivity index (χ1n) is 5.98. The fourth-order valence-electron chi connectivity index (χ4n) is 2.38. The summed E-state index contributed by atoms with van der Waals surface area (Å²) in [5.74, 6) is -0.897. The first-order valence-corrected chi connectivity index (χ1v) is 7.85. The van der Waals surface area contributed by atoms with Crippen molar-refractivity contribution >= 4 is 21.6 Å². The molecule has 1 aromatic carbocycles. The van der Waals surface area contributed by atoms with Gasteiger partial charge in [-0.05, 0) is 31.0 Å². The van der Waals surface area contributed by atoms with E-state index in [0.29, 0.717) is 12.8 Å². The van der Waals surface area contributed by atoms with Crippen LogP contribution in [0.15, 0.2) is 23.1 Å². The molecule has 19 heavy (non-hydrogen) atoms. The van der Waals surface area contributed by atoms with Crippen molar-refractivity contribution in [3.63, 3.8) is 0 Å². The van der Waals surface area contributed by atoms with Crippen molar-refractivity contribution in [2.75, 3.05) is 6.61 Å². The number of benzene rings is 1. The summed E-state index contributed by atoms with van der Waals surface area (Å²) in [4.78, 5) is -0.448. The Morgan fingerprint density at radius 3 is 2.53 bits per heavy atom. The SMILES string of the molecule is O=S(=O)(NC1(CO)CCCC1)c1ccc(Cl)cc1F. The van der Waals surface area contributed by atoms with Crippen molar-refractivity contribution in [1.29, 1.82) is 0 Å². The van der Waals surface area contributed by atoms with Gasteiger partial charge in [-0.3, -0.25) is 0 Å². The van der Waals surface area contributed by atoms with Gasteiger partial charge in [0.05, 0.1) is 12.1 Å². The lowest BCUT2D eigenvalue weighted by atomic mass is 10.0. The van der Waals surface area contributed by atoms with Gasteiger partial charge in [0.2, 0.25) is 10.0 Å². The second kappa shape index (κ2) is 5.36. The number of aliphatic hydroxyl groups is 1. The average Bonchev–Trinajstić information content (AvgIpc) is 2.77. The third kappa shape index (κ3) is 3.08. The molecule has 0 saturated heterocycles. The molecule has 0 unspecified atom stereocenters. The molecule has 0 bridgehead atoms. The molecule has 1 aliphatic rings. The summed E-state index contributed by atoms with van der Waals surface area (Å²) in [6.45, 7) is -0.290. The van der Waals surface area contributed by atoms with Gasteiger partial charge in [0, 0.05) is 5.02 Å². The summed E-state index contributed by atoms with van der Waals surface area (Å²) in [6.07, 6.45) is 2.79. The molecule has 1 fully saturated rings. The van der Waals surface area contributed by atoms with Crippen LogP contribution in [-0.2, 0) is 10.0 Å². The first-order chi connectivity index (χ1) is 8.88. The molecule has 0 radical (unpaired) electrons. The zero-order valence-corrected chi connectivity index (χ0v) is 11.8. The maximum atomic E-state index is 13.7. The molecule has 0 amide bonds. The van der Waals surface area contributed by atoms with Crippen molar-refractivity contribution in [3.05, 3.63) is 29.0 Å². The van der Waals surface area contributed by atoms with E-state index in [9.17, 15) is 17.9 Å². The van der Waals surface area contributed by atoms with E-state index in [0.717, 1.165) is 25.0 Å². The van der Waals surface area contributed by atoms with E-state index in [4.69, 9.17) is 11.6 Å². The monoisotopic (exact) mass is 307 g/mol. The van der Waals surface area contributed by atoms with Crippen LogP contribution >= 0.6 is 11.6 Å². The number of sulfonamides is 1. The number of aliphatic hydroxyl groups excluding tert-OH is 1. The van der Waals surface area contributed by atoms with Gasteiger partial charge >= 0.3 is 0 Å². The van der Waals surface area contributed by atoms with Crippen LogP contribution in [0.3, 0.4) is 0 Å². The summed E-state index contributed by atoms with van der Waals surface area (Å²) in [7, 11) is -4.01. The summed E-state index contributed by atoms with van der Waals surface area (Å²) in [5, 5.41) is 9.53. The van der Waals surface area contributed by atoms with Crippen LogP contribution in [-0.4, -0.2) is 25.7 Å². The lowest BCUT2D eigenvalue weighted by Gasteiger charge is -2.27. The van der Waals surface area contributed by atoms with E-state index in [2.05, 4.69) is 4.72 Å². The van der Waals surface area contributed by atoms with Gasteiger partial charge in [-0.15, -0.1) is 0 Å². The Balaban J connectivity index is 2.32. The topological polar surface area (TPSA) is 66.4 Å². The predicted molar refractivity (Wildman–Crippen MR) is 70.0 cm³/mol. The highest BCUT2D eigenvalue weighted by Crippen LogP contribution is 2.31. The van der Waals surface area contributed by atoms with Crippen molar-refractivity contribution in [3.8, 4) is 0 Å². The van der Waals surface area contributed by atoms with E-state index in [1.807, 2.05) is 0 Å². The number of rotatable bonds is 4. The Labute approximate surface area is 116 Å². The zero-order chi connectivity index (χ0) is 14.1. The molecule has 1 aromatic rings. The molecule has 0 aliphatic heterocycles. The minimum atomic E-state index is -4.01. The van der Waals surface area contributed by atoms with E-state index in [-0.39, 0.29) is 11.6 Å². The maximum Gasteiger partial charge on any atom is 0.244 e. The second-order valence-corrected chi connectivity index (χ2v) is 6.91. The summed E-state index contributed by atoms with van der Waals surface area (Å²) in [5.41, 5.74) is -0.870. The average molecular weight is 308 g/mol. The summed E-state index contributed by atoms with van der Waals surface area (Å²) >= 11 is 5.60. The molecule has 1 aliphatic carbocycles. The molecule has 2 N–H and O–H groups in total. The van der Waals surface area contributed by atoms with Crippen molar-refractivity contribution in [2.45, 2.75) is 36.1 Å². The van der Waals surface area contributed by atoms with Gasteiger partial charge < -0.3 is 5.11 Å². The molecule has 0 spiro atoms. The van der Waals surface area contributed by atoms with Crippen molar-refractivity contribution in [1.82, 2.24) is 4.72 Å². The summed E-state index contributed by atoms with van der Waals surface area (Å²) < 4.78 is 40.5. The van der Waals surface area contributed by atoms with Gasteiger partial charge in [-0.25, -0.2) is 17.5 Å². The number of hydrogen-bond acceptors (Lipinski definition) is 3. The second-order valence-electron chi connectivity index (χ2n) is 4.83. The minimum Gasteiger partial charge on any atom is -0.394 e. The molecule has 7 heteroatoms. The molecule has 106 valence electrons. The van der Waals surface area contributed by atoms with Crippen LogP contribution in [0.5, 0.6) is 0 Å². The lowest BCUT2D eigenvalue weighted by molar-refractivity contribution is 0.185. The van der Waals surface area contributed by atoms with Gasteiger partial charge in [0.1, 0.15) is 10.7 Å². The standard InChI is InChI=1S/C12H15ClFNO3S/c13-9-3-4-11(10(14)7-9)19(17,18)15-12(8-16)5-1-2-6-12/h3-4,7,15-16H,1-2,5-6,8H2. The van der Waals surface area contributed by atoms with Gasteiger partial charge in [0.25, 0.3) is 0 Å². The number of nitrogens with one attached hydrogen (secondary N) is 1. The Bertz CT molecular complexity index is 570. The minimum absolute atomic E-state index is 0.134. The molecule has 0 atom stereocenters. The Kier molecular flexibility index (Phi) is 4.15. The largest absolute Gasteiger partial charge is 0.394 e. The maximum absolute atomic E-state index is 13.7. The lowest BCUT2D eigenvalue weighted by Crippen LogP contribution is -2.49. The molecule has 0 heterocycles. The summed E-state index contributed by atoms with van der Waals surface area (Å²) in [6, 6.07) is 3.40. The van der Waals surface area contributed by atoms with Crippen molar-refractivity contribution in [2.24, 2.45) is 0 Å². The smallest absolute Gasteiger partial charge is 0.244 e. The molecule has 2 rings (SSSR count). The van der Waals surface area contributed by atoms with E-state index < -0.39 is 26.3 Å². The van der Waals surface area contributed by atoms with Crippen LogP contribution in [0.2, 0.25) is 5.02 Å². The highest BCUT2D eigenvalue weighted by Gasteiger charge is 2.38. The fraction of sp³-hybridized carbons (Fsp3) is 0.500. The van der Waals surface area contributed by atoms with Crippen LogP contribution in [0.25, 0.3) is 0 Å². The molecular formula is C12H15ClFNO3S. The van der Waals surface area contributed by atoms with Crippen LogP contribution in [0.1, 0.15) is 25.7 Å². The highest BCUT2D eigenvalue weighted by atomic mass is 35.5. The quantitative estimate of drug-likeness (QED) is 0.895. The van der Waals surface area contributed by atoms with Gasteiger partial charge in [-0.1, -0.05) is 24.4 Å². The molecular weight excluding hydrogens is 293 g/mol. The highest BCUT2D eigenvalue weighted by molar-refractivity contribution is 7.89.